The van der Waals surface area contributed by atoms with Crippen LogP contribution in [-0.4, -0.2) is 45.6 Å². The van der Waals surface area contributed by atoms with Gasteiger partial charge in [-0.1, -0.05) is 6.07 Å². The predicted molar refractivity (Wildman–Crippen MR) is 106 cm³/mol. The van der Waals surface area contributed by atoms with Gasteiger partial charge in [-0.2, -0.15) is 0 Å². The SMILES string of the molecule is COc1ccc(C)cc1NC(=O)[C@@H](C)OC(=O)c1c(C=O)ccc(OC)c1OC. The van der Waals surface area contributed by atoms with Gasteiger partial charge in [0.1, 0.15) is 11.3 Å². The quantitative estimate of drug-likeness (QED) is 0.536. The summed E-state index contributed by atoms with van der Waals surface area (Å²) in [5.41, 5.74) is 1.31. The highest BCUT2D eigenvalue weighted by molar-refractivity contribution is 6.03. The number of carbonyl (C=O) groups is 3. The Hall–Kier alpha value is -3.55. The van der Waals surface area contributed by atoms with E-state index in [4.69, 9.17) is 18.9 Å². The molecule has 0 aliphatic carbocycles. The van der Waals surface area contributed by atoms with E-state index in [0.717, 1.165) is 5.56 Å². The third-order valence-corrected chi connectivity index (χ3v) is 4.17. The highest BCUT2D eigenvalue weighted by Gasteiger charge is 2.26. The van der Waals surface area contributed by atoms with E-state index in [2.05, 4.69) is 5.32 Å². The molecule has 0 radical (unpaired) electrons. The minimum absolute atomic E-state index is 0.0510. The van der Waals surface area contributed by atoms with Crippen molar-refractivity contribution in [1.82, 2.24) is 0 Å². The van der Waals surface area contributed by atoms with E-state index in [1.165, 1.54) is 40.4 Å². The maximum Gasteiger partial charge on any atom is 0.343 e. The van der Waals surface area contributed by atoms with E-state index in [9.17, 15) is 14.4 Å². The van der Waals surface area contributed by atoms with Crippen LogP contribution in [0.1, 0.15) is 33.2 Å². The standard InChI is InChI=1S/C21H23NO7/c1-12-6-8-16(26-3)15(10-12)22-20(24)13(2)29-21(25)18-14(11-23)7-9-17(27-4)19(18)28-5/h6-11,13H,1-5H3,(H,22,24)/t13-/m1/s1. The normalized spacial score (nSPS) is 11.2. The number of aldehydes is 1. The first-order chi connectivity index (χ1) is 13.9. The molecule has 0 saturated heterocycles. The van der Waals surface area contributed by atoms with Crippen LogP contribution >= 0.6 is 0 Å². The van der Waals surface area contributed by atoms with Crippen molar-refractivity contribution >= 4 is 23.9 Å². The van der Waals surface area contributed by atoms with Gasteiger partial charge in [0.25, 0.3) is 5.91 Å². The largest absolute Gasteiger partial charge is 0.495 e. The number of rotatable bonds is 8. The second kappa shape index (κ2) is 9.59. The molecule has 0 aliphatic rings. The lowest BCUT2D eigenvalue weighted by atomic mass is 10.1. The summed E-state index contributed by atoms with van der Waals surface area (Å²) in [6.45, 7) is 3.29. The van der Waals surface area contributed by atoms with Crippen LogP contribution in [0.25, 0.3) is 0 Å². The maximum absolute atomic E-state index is 12.7. The van der Waals surface area contributed by atoms with Crippen molar-refractivity contribution in [1.29, 1.82) is 0 Å². The van der Waals surface area contributed by atoms with Crippen molar-refractivity contribution in [2.45, 2.75) is 20.0 Å². The molecule has 154 valence electrons. The van der Waals surface area contributed by atoms with Gasteiger partial charge in [0, 0.05) is 5.56 Å². The van der Waals surface area contributed by atoms with Crippen LogP contribution in [0, 0.1) is 6.92 Å². The Morgan fingerprint density at radius 1 is 1.00 bits per heavy atom. The van der Waals surface area contributed by atoms with E-state index in [1.54, 1.807) is 12.1 Å². The van der Waals surface area contributed by atoms with Crippen molar-refractivity contribution < 1.29 is 33.3 Å². The lowest BCUT2D eigenvalue weighted by Crippen LogP contribution is -2.30. The molecule has 0 aromatic heterocycles. The molecular formula is C21H23NO7. The summed E-state index contributed by atoms with van der Waals surface area (Å²) in [5.74, 6) is -0.666. The summed E-state index contributed by atoms with van der Waals surface area (Å²) in [6.07, 6.45) is -0.649. The number of benzene rings is 2. The first kappa shape index (κ1) is 21.7. The average molecular weight is 401 g/mol. The Morgan fingerprint density at radius 2 is 1.66 bits per heavy atom. The number of methoxy groups -OCH3 is 3. The fourth-order valence-corrected chi connectivity index (χ4v) is 2.68. The smallest absolute Gasteiger partial charge is 0.343 e. The number of hydrogen-bond donors (Lipinski definition) is 1. The molecule has 0 fully saturated rings. The van der Waals surface area contributed by atoms with Crippen LogP contribution in [0.4, 0.5) is 5.69 Å². The van der Waals surface area contributed by atoms with Crippen LogP contribution in [0.15, 0.2) is 30.3 Å². The van der Waals surface area contributed by atoms with Gasteiger partial charge < -0.3 is 24.3 Å². The Bertz CT molecular complexity index is 923. The molecule has 1 N–H and O–H groups in total. The minimum atomic E-state index is -1.15. The van der Waals surface area contributed by atoms with Crippen molar-refractivity contribution in [3.05, 3.63) is 47.0 Å². The zero-order valence-corrected chi connectivity index (χ0v) is 16.9. The molecule has 2 aromatic rings. The molecule has 2 rings (SSSR count). The Balaban J connectivity index is 2.24. The lowest BCUT2D eigenvalue weighted by Gasteiger charge is -2.18. The monoisotopic (exact) mass is 401 g/mol. The molecular weight excluding hydrogens is 378 g/mol. The van der Waals surface area contributed by atoms with Gasteiger partial charge in [0.05, 0.1) is 27.0 Å². The van der Waals surface area contributed by atoms with E-state index in [-0.39, 0.29) is 22.6 Å². The summed E-state index contributed by atoms with van der Waals surface area (Å²) in [4.78, 5) is 36.6. The van der Waals surface area contributed by atoms with Gasteiger partial charge in [-0.05, 0) is 43.7 Å². The lowest BCUT2D eigenvalue weighted by molar-refractivity contribution is -0.123. The number of ether oxygens (including phenoxy) is 4. The summed E-state index contributed by atoms with van der Waals surface area (Å²) >= 11 is 0. The molecule has 0 unspecified atom stereocenters. The van der Waals surface area contributed by atoms with Gasteiger partial charge >= 0.3 is 5.97 Å². The maximum atomic E-state index is 12.7. The second-order valence-electron chi connectivity index (χ2n) is 6.12. The molecule has 0 aliphatic heterocycles. The molecule has 0 spiro atoms. The van der Waals surface area contributed by atoms with E-state index >= 15 is 0 Å². The van der Waals surface area contributed by atoms with E-state index in [0.29, 0.717) is 17.7 Å². The molecule has 2 aromatic carbocycles. The van der Waals surface area contributed by atoms with Crippen LogP contribution in [-0.2, 0) is 9.53 Å². The topological polar surface area (TPSA) is 100 Å². The Kier molecular flexibility index (Phi) is 7.19. The fraction of sp³-hybridized carbons (Fsp3) is 0.286. The molecule has 1 atom stereocenters. The van der Waals surface area contributed by atoms with Gasteiger partial charge in [0.15, 0.2) is 23.9 Å². The Labute approximate surface area is 168 Å². The summed E-state index contributed by atoms with van der Waals surface area (Å²) in [5, 5.41) is 2.67. The molecule has 0 heterocycles. The van der Waals surface area contributed by atoms with E-state index in [1.807, 2.05) is 13.0 Å². The second-order valence-corrected chi connectivity index (χ2v) is 6.12. The van der Waals surface area contributed by atoms with Gasteiger partial charge in [-0.3, -0.25) is 9.59 Å². The van der Waals surface area contributed by atoms with Crippen LogP contribution in [0.5, 0.6) is 17.2 Å². The van der Waals surface area contributed by atoms with Crippen molar-refractivity contribution in [3.63, 3.8) is 0 Å². The number of carbonyl (C=O) groups excluding carboxylic acids is 3. The number of nitrogens with one attached hydrogen (secondary N) is 1. The molecule has 8 nitrogen and oxygen atoms in total. The zero-order chi connectivity index (χ0) is 21.6. The minimum Gasteiger partial charge on any atom is -0.495 e. The third-order valence-electron chi connectivity index (χ3n) is 4.17. The summed E-state index contributed by atoms with van der Waals surface area (Å²) in [7, 11) is 4.22. The number of esters is 1. The van der Waals surface area contributed by atoms with Gasteiger partial charge in [-0.25, -0.2) is 4.79 Å². The van der Waals surface area contributed by atoms with Crippen LogP contribution in [0.2, 0.25) is 0 Å². The predicted octanol–water partition coefficient (Wildman–Crippen LogP) is 3.02. The molecule has 29 heavy (non-hydrogen) atoms. The molecule has 1 amide bonds. The van der Waals surface area contributed by atoms with Crippen LogP contribution in [0.3, 0.4) is 0 Å². The van der Waals surface area contributed by atoms with Gasteiger partial charge in [0.2, 0.25) is 0 Å². The van der Waals surface area contributed by atoms with E-state index < -0.39 is 18.0 Å². The average Bonchev–Trinajstić information content (AvgIpc) is 2.72. The first-order valence-electron chi connectivity index (χ1n) is 8.72. The van der Waals surface area contributed by atoms with Crippen molar-refractivity contribution in [2.24, 2.45) is 0 Å². The van der Waals surface area contributed by atoms with Crippen molar-refractivity contribution in [3.8, 4) is 17.2 Å². The third kappa shape index (κ3) is 4.84. The fourth-order valence-electron chi connectivity index (χ4n) is 2.68. The first-order valence-corrected chi connectivity index (χ1v) is 8.72. The highest BCUT2D eigenvalue weighted by Crippen LogP contribution is 2.34. The number of anilines is 1. The number of aryl methyl sites for hydroxylation is 1. The van der Waals surface area contributed by atoms with Crippen molar-refractivity contribution in [2.75, 3.05) is 26.6 Å². The highest BCUT2D eigenvalue weighted by atomic mass is 16.6. The number of amides is 1. The molecule has 0 saturated carbocycles. The molecule has 8 heteroatoms. The number of hydrogen-bond acceptors (Lipinski definition) is 7. The van der Waals surface area contributed by atoms with Crippen LogP contribution < -0.4 is 19.5 Å². The summed E-state index contributed by atoms with van der Waals surface area (Å²) in [6, 6.07) is 8.21. The Morgan fingerprint density at radius 3 is 2.24 bits per heavy atom. The summed E-state index contributed by atoms with van der Waals surface area (Å²) < 4.78 is 20.9. The molecule has 0 bridgehead atoms. The van der Waals surface area contributed by atoms with Gasteiger partial charge in [-0.15, -0.1) is 0 Å². The zero-order valence-electron chi connectivity index (χ0n) is 16.9.